The zero-order valence-electron chi connectivity index (χ0n) is 11.2. The van der Waals surface area contributed by atoms with Gasteiger partial charge >= 0.3 is 0 Å². The number of rotatable bonds is 2. The van der Waals surface area contributed by atoms with Crippen molar-refractivity contribution in [1.82, 2.24) is 0 Å². The Labute approximate surface area is 114 Å². The van der Waals surface area contributed by atoms with E-state index in [0.717, 1.165) is 18.6 Å². The van der Waals surface area contributed by atoms with Gasteiger partial charge in [-0.05, 0) is 42.5 Å². The summed E-state index contributed by atoms with van der Waals surface area (Å²) in [5, 5.41) is 0. The summed E-state index contributed by atoms with van der Waals surface area (Å²) in [6, 6.07) is 16.6. The lowest BCUT2D eigenvalue weighted by Crippen LogP contribution is -2.51. The van der Waals surface area contributed by atoms with Gasteiger partial charge in [-0.1, -0.05) is 42.5 Å². The first kappa shape index (κ1) is 12.2. The van der Waals surface area contributed by atoms with E-state index in [0.29, 0.717) is 6.61 Å². The number of nitrogens with two attached hydrogens (primary N) is 1. The van der Waals surface area contributed by atoms with Gasteiger partial charge in [0.05, 0.1) is 5.54 Å². The highest BCUT2D eigenvalue weighted by atomic mass is 16.5. The maximum Gasteiger partial charge on any atom is 0.122 e. The van der Waals surface area contributed by atoms with Crippen molar-refractivity contribution in [3.05, 3.63) is 65.2 Å². The first-order valence-corrected chi connectivity index (χ1v) is 6.70. The second-order valence-corrected chi connectivity index (χ2v) is 5.54. The number of benzene rings is 2. The third kappa shape index (κ3) is 2.49. The van der Waals surface area contributed by atoms with E-state index in [1.165, 1.54) is 16.7 Å². The number of hydrogen-bond donors (Lipinski definition) is 1. The number of fused-ring (bicyclic) bond motifs is 1. The minimum atomic E-state index is -0.305. The van der Waals surface area contributed by atoms with Gasteiger partial charge in [-0.15, -0.1) is 0 Å². The Bertz CT molecular complexity index is 593. The Balaban J connectivity index is 1.84. The molecule has 1 unspecified atom stereocenters. The van der Waals surface area contributed by atoms with Crippen molar-refractivity contribution in [2.24, 2.45) is 5.73 Å². The van der Waals surface area contributed by atoms with Crippen LogP contribution in [0.4, 0.5) is 0 Å². The SMILES string of the molecule is Cc1ccccc1CC1(N)COc2ccccc2C1. The van der Waals surface area contributed by atoms with Crippen LogP contribution in [0, 0.1) is 6.92 Å². The molecule has 2 heteroatoms. The summed E-state index contributed by atoms with van der Waals surface area (Å²) < 4.78 is 5.83. The molecule has 1 atom stereocenters. The van der Waals surface area contributed by atoms with Crippen molar-refractivity contribution >= 4 is 0 Å². The molecule has 1 aliphatic rings. The summed E-state index contributed by atoms with van der Waals surface area (Å²) in [5.74, 6) is 0.980. The minimum Gasteiger partial charge on any atom is -0.491 e. The fourth-order valence-electron chi connectivity index (χ4n) is 2.74. The lowest BCUT2D eigenvalue weighted by molar-refractivity contribution is 0.189. The highest BCUT2D eigenvalue weighted by Crippen LogP contribution is 2.30. The monoisotopic (exact) mass is 253 g/mol. The predicted octanol–water partition coefficient (Wildman–Crippen LogP) is 2.87. The van der Waals surface area contributed by atoms with Gasteiger partial charge in [0.25, 0.3) is 0 Å². The highest BCUT2D eigenvalue weighted by Gasteiger charge is 2.32. The maximum absolute atomic E-state index is 6.55. The summed E-state index contributed by atoms with van der Waals surface area (Å²) in [7, 11) is 0. The Morgan fingerprint density at radius 1 is 1.11 bits per heavy atom. The van der Waals surface area contributed by atoms with E-state index in [1.54, 1.807) is 0 Å². The van der Waals surface area contributed by atoms with Gasteiger partial charge in [0.1, 0.15) is 12.4 Å². The first-order chi connectivity index (χ1) is 9.16. The lowest BCUT2D eigenvalue weighted by atomic mass is 9.83. The summed E-state index contributed by atoms with van der Waals surface area (Å²) in [4.78, 5) is 0. The van der Waals surface area contributed by atoms with E-state index in [9.17, 15) is 0 Å². The molecule has 19 heavy (non-hydrogen) atoms. The van der Waals surface area contributed by atoms with Gasteiger partial charge < -0.3 is 10.5 Å². The van der Waals surface area contributed by atoms with Crippen LogP contribution in [-0.4, -0.2) is 12.1 Å². The molecule has 1 aliphatic heterocycles. The van der Waals surface area contributed by atoms with E-state index in [-0.39, 0.29) is 5.54 Å². The van der Waals surface area contributed by atoms with E-state index in [4.69, 9.17) is 10.5 Å². The van der Waals surface area contributed by atoms with Crippen molar-refractivity contribution in [3.63, 3.8) is 0 Å². The summed E-state index contributed by atoms with van der Waals surface area (Å²) in [6.07, 6.45) is 1.73. The zero-order chi connectivity index (χ0) is 13.3. The van der Waals surface area contributed by atoms with Crippen molar-refractivity contribution in [1.29, 1.82) is 0 Å². The van der Waals surface area contributed by atoms with Crippen LogP contribution in [0.3, 0.4) is 0 Å². The molecule has 98 valence electrons. The zero-order valence-corrected chi connectivity index (χ0v) is 11.2. The third-order valence-corrected chi connectivity index (χ3v) is 3.83. The molecule has 3 rings (SSSR count). The molecule has 1 heterocycles. The summed E-state index contributed by atoms with van der Waals surface area (Å²) >= 11 is 0. The number of aryl methyl sites for hydroxylation is 1. The van der Waals surface area contributed by atoms with E-state index >= 15 is 0 Å². The van der Waals surface area contributed by atoms with Gasteiger partial charge in [-0.3, -0.25) is 0 Å². The van der Waals surface area contributed by atoms with E-state index in [2.05, 4.69) is 37.3 Å². The highest BCUT2D eigenvalue weighted by molar-refractivity contribution is 5.38. The Kier molecular flexibility index (Phi) is 3.03. The molecule has 0 saturated heterocycles. The molecular weight excluding hydrogens is 234 g/mol. The third-order valence-electron chi connectivity index (χ3n) is 3.83. The first-order valence-electron chi connectivity index (χ1n) is 6.70. The number of para-hydroxylation sites is 1. The molecule has 0 aromatic heterocycles. The second-order valence-electron chi connectivity index (χ2n) is 5.54. The fraction of sp³-hybridized carbons (Fsp3) is 0.294. The van der Waals surface area contributed by atoms with Crippen LogP contribution >= 0.6 is 0 Å². The molecule has 0 fully saturated rings. The standard InChI is InChI=1S/C17H19NO/c1-13-6-2-3-7-14(13)10-17(18)11-15-8-4-5-9-16(15)19-12-17/h2-9H,10-12,18H2,1H3. The van der Waals surface area contributed by atoms with Crippen molar-refractivity contribution < 1.29 is 4.74 Å². The molecular formula is C17H19NO. The van der Waals surface area contributed by atoms with E-state index in [1.807, 2.05) is 18.2 Å². The van der Waals surface area contributed by atoms with Crippen LogP contribution in [0.2, 0.25) is 0 Å². The van der Waals surface area contributed by atoms with Crippen molar-refractivity contribution in [2.45, 2.75) is 25.3 Å². The smallest absolute Gasteiger partial charge is 0.122 e. The van der Waals surface area contributed by atoms with Crippen LogP contribution in [0.1, 0.15) is 16.7 Å². The maximum atomic E-state index is 6.55. The molecule has 0 radical (unpaired) electrons. The summed E-state index contributed by atoms with van der Waals surface area (Å²) in [6.45, 7) is 2.72. The predicted molar refractivity (Wildman–Crippen MR) is 77.4 cm³/mol. The second kappa shape index (κ2) is 4.71. The normalized spacial score (nSPS) is 21.6. The average molecular weight is 253 g/mol. The molecule has 0 bridgehead atoms. The van der Waals surface area contributed by atoms with Crippen LogP contribution in [0.15, 0.2) is 48.5 Å². The van der Waals surface area contributed by atoms with Gasteiger partial charge in [0, 0.05) is 0 Å². The summed E-state index contributed by atoms with van der Waals surface area (Å²) in [5.41, 5.74) is 10.1. The topological polar surface area (TPSA) is 35.2 Å². The quantitative estimate of drug-likeness (QED) is 0.893. The molecule has 0 saturated carbocycles. The fourth-order valence-corrected chi connectivity index (χ4v) is 2.74. The van der Waals surface area contributed by atoms with Crippen LogP contribution in [0.25, 0.3) is 0 Å². The van der Waals surface area contributed by atoms with E-state index < -0.39 is 0 Å². The average Bonchev–Trinajstić information content (AvgIpc) is 2.41. The Hall–Kier alpha value is -1.80. The molecule has 2 N–H and O–H groups in total. The number of ether oxygens (including phenoxy) is 1. The van der Waals surface area contributed by atoms with Crippen molar-refractivity contribution in [2.75, 3.05) is 6.61 Å². The minimum absolute atomic E-state index is 0.305. The Morgan fingerprint density at radius 3 is 2.68 bits per heavy atom. The van der Waals surface area contributed by atoms with Crippen LogP contribution in [-0.2, 0) is 12.8 Å². The van der Waals surface area contributed by atoms with Crippen LogP contribution in [0.5, 0.6) is 5.75 Å². The van der Waals surface area contributed by atoms with Gasteiger partial charge in [-0.2, -0.15) is 0 Å². The van der Waals surface area contributed by atoms with Gasteiger partial charge in [0.2, 0.25) is 0 Å². The number of hydrogen-bond acceptors (Lipinski definition) is 2. The van der Waals surface area contributed by atoms with Crippen molar-refractivity contribution in [3.8, 4) is 5.75 Å². The lowest BCUT2D eigenvalue weighted by Gasteiger charge is -2.35. The van der Waals surface area contributed by atoms with Gasteiger partial charge in [0.15, 0.2) is 0 Å². The molecule has 2 aromatic carbocycles. The molecule has 0 amide bonds. The largest absolute Gasteiger partial charge is 0.491 e. The van der Waals surface area contributed by atoms with Crippen LogP contribution < -0.4 is 10.5 Å². The van der Waals surface area contributed by atoms with Gasteiger partial charge in [-0.25, -0.2) is 0 Å². The molecule has 2 aromatic rings. The molecule has 0 spiro atoms. The Morgan fingerprint density at radius 2 is 1.84 bits per heavy atom. The molecule has 0 aliphatic carbocycles. The molecule has 2 nitrogen and oxygen atoms in total.